The third kappa shape index (κ3) is 3.17. The summed E-state index contributed by atoms with van der Waals surface area (Å²) in [4.78, 5) is 20.8. The number of pyridine rings is 1. The molecule has 0 spiro atoms. The van der Waals surface area contributed by atoms with Gasteiger partial charge >= 0.3 is 0 Å². The van der Waals surface area contributed by atoms with Crippen LogP contribution >= 0.6 is 0 Å². The van der Waals surface area contributed by atoms with E-state index in [4.69, 9.17) is 5.73 Å². The molecule has 0 aliphatic heterocycles. The van der Waals surface area contributed by atoms with E-state index in [9.17, 15) is 4.79 Å². The van der Waals surface area contributed by atoms with E-state index in [0.717, 1.165) is 19.3 Å². The Morgan fingerprint density at radius 1 is 1.36 bits per heavy atom. The number of nitrogens with two attached hydrogens (primary N) is 1. The zero-order valence-corrected chi connectivity index (χ0v) is 12.5. The van der Waals surface area contributed by atoms with E-state index in [0.29, 0.717) is 23.8 Å². The summed E-state index contributed by atoms with van der Waals surface area (Å²) in [5.74, 6) is 1.01. The molecule has 0 radical (unpaired) electrons. The molecule has 2 unspecified atom stereocenters. The summed E-state index contributed by atoms with van der Waals surface area (Å²) >= 11 is 0. The topological polar surface area (TPSA) is 85.8 Å². The Hall–Kier alpha value is -2.21. The molecule has 22 heavy (non-hydrogen) atoms. The van der Waals surface area contributed by atoms with Crippen molar-refractivity contribution in [3.05, 3.63) is 42.6 Å². The SMILES string of the molecule is NCC1CCCCC1NC(=O)c1ccnc(-n2ccnc2)c1. The zero-order chi connectivity index (χ0) is 15.4. The predicted octanol–water partition coefficient (Wildman–Crippen LogP) is 1.51. The second-order valence-corrected chi connectivity index (χ2v) is 5.73. The van der Waals surface area contributed by atoms with Crippen molar-refractivity contribution in [2.75, 3.05) is 6.54 Å². The van der Waals surface area contributed by atoms with Crippen molar-refractivity contribution in [2.24, 2.45) is 11.7 Å². The van der Waals surface area contributed by atoms with Gasteiger partial charge in [-0.2, -0.15) is 0 Å². The Morgan fingerprint density at radius 2 is 2.23 bits per heavy atom. The molecule has 0 bridgehead atoms. The van der Waals surface area contributed by atoms with Gasteiger partial charge in [0.1, 0.15) is 12.1 Å². The maximum absolute atomic E-state index is 12.5. The smallest absolute Gasteiger partial charge is 0.251 e. The number of hydrogen-bond acceptors (Lipinski definition) is 4. The minimum absolute atomic E-state index is 0.0610. The molecule has 1 saturated carbocycles. The quantitative estimate of drug-likeness (QED) is 0.896. The van der Waals surface area contributed by atoms with Gasteiger partial charge in [-0.05, 0) is 37.4 Å². The van der Waals surface area contributed by atoms with E-state index in [-0.39, 0.29) is 11.9 Å². The molecule has 6 heteroatoms. The summed E-state index contributed by atoms with van der Waals surface area (Å²) in [7, 11) is 0. The summed E-state index contributed by atoms with van der Waals surface area (Å²) in [6.07, 6.45) is 11.2. The summed E-state index contributed by atoms with van der Waals surface area (Å²) in [5.41, 5.74) is 6.44. The number of aromatic nitrogens is 3. The number of amides is 1. The van der Waals surface area contributed by atoms with Gasteiger partial charge in [0, 0.05) is 30.2 Å². The lowest BCUT2D eigenvalue weighted by Gasteiger charge is -2.31. The summed E-state index contributed by atoms with van der Waals surface area (Å²) < 4.78 is 1.78. The van der Waals surface area contributed by atoms with Gasteiger partial charge in [-0.1, -0.05) is 12.8 Å². The van der Waals surface area contributed by atoms with Crippen molar-refractivity contribution in [2.45, 2.75) is 31.7 Å². The number of carbonyl (C=O) groups excluding carboxylic acids is 1. The van der Waals surface area contributed by atoms with Crippen LogP contribution in [-0.2, 0) is 0 Å². The van der Waals surface area contributed by atoms with Gasteiger partial charge in [-0.25, -0.2) is 9.97 Å². The van der Waals surface area contributed by atoms with Gasteiger partial charge < -0.3 is 11.1 Å². The third-order valence-corrected chi connectivity index (χ3v) is 4.30. The standard InChI is InChI=1S/C16H21N5O/c17-10-13-3-1-2-4-14(13)20-16(22)12-5-6-19-15(9-12)21-8-7-18-11-21/h5-9,11,13-14H,1-4,10,17H2,(H,20,22). The van der Waals surface area contributed by atoms with E-state index in [1.54, 1.807) is 41.6 Å². The average molecular weight is 299 g/mol. The zero-order valence-electron chi connectivity index (χ0n) is 12.5. The first kappa shape index (κ1) is 14.7. The van der Waals surface area contributed by atoms with E-state index >= 15 is 0 Å². The van der Waals surface area contributed by atoms with Crippen LogP contribution in [0, 0.1) is 5.92 Å². The molecule has 6 nitrogen and oxygen atoms in total. The largest absolute Gasteiger partial charge is 0.349 e. The number of imidazole rings is 1. The van der Waals surface area contributed by atoms with E-state index in [1.807, 2.05) is 0 Å². The van der Waals surface area contributed by atoms with Crippen molar-refractivity contribution < 1.29 is 4.79 Å². The van der Waals surface area contributed by atoms with Crippen LogP contribution in [0.25, 0.3) is 5.82 Å². The van der Waals surface area contributed by atoms with Crippen molar-refractivity contribution in [1.29, 1.82) is 0 Å². The summed E-state index contributed by atoms with van der Waals surface area (Å²) in [5, 5.41) is 3.14. The average Bonchev–Trinajstić information content (AvgIpc) is 3.10. The fourth-order valence-electron chi connectivity index (χ4n) is 3.03. The number of nitrogens with zero attached hydrogens (tertiary/aromatic N) is 3. The third-order valence-electron chi connectivity index (χ3n) is 4.30. The van der Waals surface area contributed by atoms with Crippen molar-refractivity contribution in [1.82, 2.24) is 19.9 Å². The summed E-state index contributed by atoms with van der Waals surface area (Å²) in [6, 6.07) is 3.68. The number of carbonyl (C=O) groups is 1. The molecule has 1 aliphatic rings. The van der Waals surface area contributed by atoms with Crippen LogP contribution in [0.5, 0.6) is 0 Å². The number of nitrogens with one attached hydrogen (secondary N) is 1. The van der Waals surface area contributed by atoms with Crippen LogP contribution in [0.3, 0.4) is 0 Å². The van der Waals surface area contributed by atoms with Crippen molar-refractivity contribution >= 4 is 5.91 Å². The second kappa shape index (κ2) is 6.70. The monoisotopic (exact) mass is 299 g/mol. The van der Waals surface area contributed by atoms with Crippen molar-refractivity contribution in [3.63, 3.8) is 0 Å². The van der Waals surface area contributed by atoms with Crippen LogP contribution in [0.15, 0.2) is 37.1 Å². The lowest BCUT2D eigenvalue weighted by molar-refractivity contribution is 0.0908. The first-order valence-corrected chi connectivity index (χ1v) is 7.73. The molecule has 1 fully saturated rings. The molecule has 3 N–H and O–H groups in total. The predicted molar refractivity (Wildman–Crippen MR) is 83.6 cm³/mol. The molecule has 0 saturated heterocycles. The molecule has 0 aromatic carbocycles. The van der Waals surface area contributed by atoms with Crippen LogP contribution in [0.1, 0.15) is 36.0 Å². The van der Waals surface area contributed by atoms with Crippen LogP contribution in [0.2, 0.25) is 0 Å². The first-order chi connectivity index (χ1) is 10.8. The Labute approximate surface area is 129 Å². The van der Waals surface area contributed by atoms with Gasteiger partial charge in [0.05, 0.1) is 0 Å². The molecule has 2 heterocycles. The highest BCUT2D eigenvalue weighted by Crippen LogP contribution is 2.23. The lowest BCUT2D eigenvalue weighted by Crippen LogP contribution is -2.44. The van der Waals surface area contributed by atoms with Crippen LogP contribution < -0.4 is 11.1 Å². The van der Waals surface area contributed by atoms with Crippen LogP contribution in [0.4, 0.5) is 0 Å². The highest BCUT2D eigenvalue weighted by atomic mass is 16.1. The van der Waals surface area contributed by atoms with Gasteiger partial charge in [-0.15, -0.1) is 0 Å². The minimum Gasteiger partial charge on any atom is -0.349 e. The Bertz CT molecular complexity index is 625. The molecule has 1 amide bonds. The fraction of sp³-hybridized carbons (Fsp3) is 0.438. The second-order valence-electron chi connectivity index (χ2n) is 5.73. The molecule has 2 aromatic rings. The van der Waals surface area contributed by atoms with Gasteiger partial charge in [0.2, 0.25) is 0 Å². The highest BCUT2D eigenvalue weighted by Gasteiger charge is 2.25. The molecule has 3 rings (SSSR count). The molecular weight excluding hydrogens is 278 g/mol. The maximum atomic E-state index is 12.5. The normalized spacial score (nSPS) is 21.5. The maximum Gasteiger partial charge on any atom is 0.251 e. The molecule has 1 aliphatic carbocycles. The molecule has 2 atom stereocenters. The molecular formula is C16H21N5O. The number of rotatable bonds is 4. The van der Waals surface area contributed by atoms with Crippen LogP contribution in [-0.4, -0.2) is 33.0 Å². The molecule has 116 valence electrons. The minimum atomic E-state index is -0.0610. The van der Waals surface area contributed by atoms with Crippen molar-refractivity contribution in [3.8, 4) is 5.82 Å². The highest BCUT2D eigenvalue weighted by molar-refractivity contribution is 5.94. The Kier molecular flexibility index (Phi) is 4.48. The van der Waals surface area contributed by atoms with E-state index in [1.165, 1.54) is 6.42 Å². The molecule has 2 aromatic heterocycles. The Balaban J connectivity index is 1.73. The van der Waals surface area contributed by atoms with E-state index < -0.39 is 0 Å². The van der Waals surface area contributed by atoms with E-state index in [2.05, 4.69) is 15.3 Å². The lowest BCUT2D eigenvalue weighted by atomic mass is 9.84. The number of hydrogen-bond donors (Lipinski definition) is 2. The Morgan fingerprint density at radius 3 is 3.00 bits per heavy atom. The first-order valence-electron chi connectivity index (χ1n) is 7.73. The fourth-order valence-corrected chi connectivity index (χ4v) is 3.03. The van der Waals surface area contributed by atoms with Gasteiger partial charge in [0.25, 0.3) is 5.91 Å². The van der Waals surface area contributed by atoms with Gasteiger partial charge in [-0.3, -0.25) is 9.36 Å². The van der Waals surface area contributed by atoms with Gasteiger partial charge in [0.15, 0.2) is 0 Å². The summed E-state index contributed by atoms with van der Waals surface area (Å²) in [6.45, 7) is 0.627.